The number of hydrogen-bond acceptors (Lipinski definition) is 6. The number of methoxy groups -OCH3 is 1. The van der Waals surface area contributed by atoms with Crippen molar-refractivity contribution in [3.63, 3.8) is 0 Å². The van der Waals surface area contributed by atoms with Crippen LogP contribution in [0.2, 0.25) is 5.02 Å². The van der Waals surface area contributed by atoms with Gasteiger partial charge in [0, 0.05) is 18.1 Å². The molecule has 2 rings (SSSR count). The summed E-state index contributed by atoms with van der Waals surface area (Å²) in [6, 6.07) is 7.70. The molecule has 0 saturated carbocycles. The van der Waals surface area contributed by atoms with Crippen LogP contribution in [0.3, 0.4) is 0 Å². The molecule has 0 fully saturated rings. The summed E-state index contributed by atoms with van der Waals surface area (Å²) in [7, 11) is 3.15. The lowest BCUT2D eigenvalue weighted by atomic mass is 10.3. The van der Waals surface area contributed by atoms with E-state index in [0.717, 1.165) is 6.20 Å². The van der Waals surface area contributed by atoms with E-state index in [9.17, 15) is 14.9 Å². The van der Waals surface area contributed by atoms with Crippen molar-refractivity contribution in [1.82, 2.24) is 4.98 Å². The van der Waals surface area contributed by atoms with Crippen LogP contribution >= 0.6 is 11.6 Å². The van der Waals surface area contributed by atoms with Crippen LogP contribution in [-0.2, 0) is 4.79 Å². The Morgan fingerprint density at radius 3 is 2.75 bits per heavy atom. The van der Waals surface area contributed by atoms with Gasteiger partial charge >= 0.3 is 0 Å². The van der Waals surface area contributed by atoms with Crippen LogP contribution in [0.1, 0.15) is 0 Å². The smallest absolute Gasteiger partial charge is 0.287 e. The highest BCUT2D eigenvalue weighted by Gasteiger charge is 2.13. The molecule has 9 heteroatoms. The van der Waals surface area contributed by atoms with Crippen LogP contribution in [0.5, 0.6) is 5.75 Å². The molecule has 0 radical (unpaired) electrons. The van der Waals surface area contributed by atoms with Crippen LogP contribution in [0.25, 0.3) is 0 Å². The SMILES string of the molecule is COc1ccc(Cl)cc1NC(=O)CN(C)c1ccc([N+](=O)[O-])cn1. The maximum atomic E-state index is 12.2. The van der Waals surface area contributed by atoms with Gasteiger partial charge < -0.3 is 15.0 Å². The van der Waals surface area contributed by atoms with Crippen molar-refractivity contribution >= 4 is 34.7 Å². The quantitative estimate of drug-likeness (QED) is 0.635. The molecule has 0 aliphatic heterocycles. The Hall–Kier alpha value is -2.87. The molecule has 0 spiro atoms. The van der Waals surface area contributed by atoms with Crippen molar-refractivity contribution in [2.75, 3.05) is 30.9 Å². The molecule has 0 bridgehead atoms. The summed E-state index contributed by atoms with van der Waals surface area (Å²) in [5, 5.41) is 13.8. The summed E-state index contributed by atoms with van der Waals surface area (Å²) in [5.74, 6) is 0.621. The summed E-state index contributed by atoms with van der Waals surface area (Å²) in [4.78, 5) is 27.8. The van der Waals surface area contributed by atoms with Crippen LogP contribution < -0.4 is 15.0 Å². The molecule has 0 atom stereocenters. The van der Waals surface area contributed by atoms with E-state index >= 15 is 0 Å². The Labute approximate surface area is 143 Å². The minimum Gasteiger partial charge on any atom is -0.495 e. The number of benzene rings is 1. The number of hydrogen-bond donors (Lipinski definition) is 1. The van der Waals surface area contributed by atoms with E-state index in [1.807, 2.05) is 0 Å². The predicted molar refractivity (Wildman–Crippen MR) is 90.8 cm³/mol. The van der Waals surface area contributed by atoms with E-state index < -0.39 is 4.92 Å². The first-order valence-electron chi connectivity index (χ1n) is 6.85. The normalized spacial score (nSPS) is 10.1. The van der Waals surface area contributed by atoms with Gasteiger partial charge in [0.2, 0.25) is 5.91 Å². The largest absolute Gasteiger partial charge is 0.495 e. The Balaban J connectivity index is 2.04. The number of amides is 1. The fourth-order valence-electron chi connectivity index (χ4n) is 1.98. The minimum absolute atomic E-state index is 0.000475. The Morgan fingerprint density at radius 2 is 2.17 bits per heavy atom. The molecular formula is C15H15ClN4O4. The van der Waals surface area contributed by atoms with Crippen molar-refractivity contribution in [3.05, 3.63) is 51.7 Å². The fourth-order valence-corrected chi connectivity index (χ4v) is 2.15. The fraction of sp³-hybridized carbons (Fsp3) is 0.200. The second kappa shape index (κ2) is 7.60. The second-order valence-electron chi connectivity index (χ2n) is 4.88. The maximum absolute atomic E-state index is 12.2. The summed E-state index contributed by atoms with van der Waals surface area (Å²) in [5.41, 5.74) is 0.348. The molecule has 1 heterocycles. The third-order valence-corrected chi connectivity index (χ3v) is 3.39. The zero-order valence-corrected chi connectivity index (χ0v) is 13.8. The van der Waals surface area contributed by atoms with Crippen molar-refractivity contribution in [2.45, 2.75) is 0 Å². The highest BCUT2D eigenvalue weighted by Crippen LogP contribution is 2.27. The van der Waals surface area contributed by atoms with Gasteiger partial charge in [0.1, 0.15) is 17.8 Å². The summed E-state index contributed by atoms with van der Waals surface area (Å²) in [6.07, 6.45) is 1.14. The van der Waals surface area contributed by atoms with Gasteiger partial charge in [-0.15, -0.1) is 0 Å². The lowest BCUT2D eigenvalue weighted by molar-refractivity contribution is -0.385. The van der Waals surface area contributed by atoms with Crippen LogP contribution in [0.15, 0.2) is 36.5 Å². The summed E-state index contributed by atoms with van der Waals surface area (Å²) >= 11 is 5.92. The molecule has 1 aromatic carbocycles. The number of anilines is 2. The molecule has 1 aromatic heterocycles. The summed E-state index contributed by atoms with van der Waals surface area (Å²) < 4.78 is 5.16. The van der Waals surface area contributed by atoms with E-state index in [-0.39, 0.29) is 18.1 Å². The third-order valence-electron chi connectivity index (χ3n) is 3.15. The van der Waals surface area contributed by atoms with E-state index in [4.69, 9.17) is 16.3 Å². The first-order valence-corrected chi connectivity index (χ1v) is 7.23. The van der Waals surface area contributed by atoms with Crippen molar-refractivity contribution in [3.8, 4) is 5.75 Å². The number of ether oxygens (including phenoxy) is 1. The number of nitrogens with zero attached hydrogens (tertiary/aromatic N) is 3. The van der Waals surface area contributed by atoms with Gasteiger partial charge in [-0.05, 0) is 24.3 Å². The van der Waals surface area contributed by atoms with Gasteiger partial charge in [-0.25, -0.2) is 4.98 Å². The van der Waals surface area contributed by atoms with E-state index in [1.54, 1.807) is 30.1 Å². The van der Waals surface area contributed by atoms with Crippen molar-refractivity contribution in [2.24, 2.45) is 0 Å². The van der Waals surface area contributed by atoms with Gasteiger partial charge in [-0.2, -0.15) is 0 Å². The molecule has 2 aromatic rings. The molecule has 24 heavy (non-hydrogen) atoms. The number of likely N-dealkylation sites (N-methyl/N-ethyl adjacent to an activating group) is 1. The predicted octanol–water partition coefficient (Wildman–Crippen LogP) is 2.73. The lowest BCUT2D eigenvalue weighted by Crippen LogP contribution is -2.30. The molecule has 0 saturated heterocycles. The molecule has 1 amide bonds. The Kier molecular flexibility index (Phi) is 5.54. The standard InChI is InChI=1S/C15H15ClN4O4/c1-19(14-6-4-11(8-17-14)20(22)23)9-15(21)18-12-7-10(16)3-5-13(12)24-2/h3-8H,9H2,1-2H3,(H,18,21). The highest BCUT2D eigenvalue weighted by atomic mass is 35.5. The Bertz CT molecular complexity index is 752. The zero-order valence-electron chi connectivity index (χ0n) is 13.0. The number of aromatic nitrogens is 1. The number of carbonyl (C=O) groups is 1. The number of pyridine rings is 1. The monoisotopic (exact) mass is 350 g/mol. The van der Waals surface area contributed by atoms with Crippen LogP contribution in [0, 0.1) is 10.1 Å². The molecule has 8 nitrogen and oxygen atoms in total. The van der Waals surface area contributed by atoms with E-state index in [2.05, 4.69) is 10.3 Å². The zero-order chi connectivity index (χ0) is 17.7. The number of halogens is 1. The number of nitrogens with one attached hydrogen (secondary N) is 1. The average Bonchev–Trinajstić information content (AvgIpc) is 2.55. The van der Waals surface area contributed by atoms with Gasteiger partial charge in [-0.3, -0.25) is 14.9 Å². The van der Waals surface area contributed by atoms with E-state index in [1.165, 1.54) is 19.2 Å². The molecule has 1 N–H and O–H groups in total. The topological polar surface area (TPSA) is 97.6 Å². The molecular weight excluding hydrogens is 336 g/mol. The number of rotatable bonds is 6. The number of nitro groups is 1. The van der Waals surface area contributed by atoms with E-state index in [0.29, 0.717) is 22.3 Å². The van der Waals surface area contributed by atoms with Crippen LogP contribution in [-0.4, -0.2) is 36.5 Å². The summed E-state index contributed by atoms with van der Waals surface area (Å²) in [6.45, 7) is 0.000475. The second-order valence-corrected chi connectivity index (χ2v) is 5.32. The van der Waals surface area contributed by atoms with Crippen LogP contribution in [0.4, 0.5) is 17.2 Å². The average molecular weight is 351 g/mol. The van der Waals surface area contributed by atoms with Gasteiger partial charge in [0.05, 0.1) is 24.3 Å². The van der Waals surface area contributed by atoms with Gasteiger partial charge in [-0.1, -0.05) is 11.6 Å². The molecule has 0 aliphatic rings. The third kappa shape index (κ3) is 4.32. The van der Waals surface area contributed by atoms with Crippen molar-refractivity contribution < 1.29 is 14.5 Å². The molecule has 126 valence electrons. The van der Waals surface area contributed by atoms with Gasteiger partial charge in [0.15, 0.2) is 0 Å². The molecule has 0 aliphatic carbocycles. The maximum Gasteiger partial charge on any atom is 0.287 e. The van der Waals surface area contributed by atoms with Crippen molar-refractivity contribution in [1.29, 1.82) is 0 Å². The minimum atomic E-state index is -0.533. The molecule has 0 unspecified atom stereocenters. The Morgan fingerprint density at radius 1 is 1.42 bits per heavy atom. The first-order chi connectivity index (χ1) is 11.4. The highest BCUT2D eigenvalue weighted by molar-refractivity contribution is 6.31. The van der Waals surface area contributed by atoms with Gasteiger partial charge in [0.25, 0.3) is 5.69 Å². The lowest BCUT2D eigenvalue weighted by Gasteiger charge is -2.18. The first kappa shape index (κ1) is 17.5. The number of carbonyl (C=O) groups excluding carboxylic acids is 1.